The fraction of sp³-hybridized carbons (Fsp3) is 0.696. The van der Waals surface area contributed by atoms with E-state index < -0.39 is 0 Å². The molecule has 1 aliphatic rings. The third kappa shape index (κ3) is 12.0. The molecule has 0 aliphatic carbocycles. The lowest BCUT2D eigenvalue weighted by atomic mass is 10.1. The van der Waals surface area contributed by atoms with Gasteiger partial charge in [0.1, 0.15) is 5.75 Å². The van der Waals surface area contributed by atoms with Crippen LogP contribution in [-0.2, 0) is 15.9 Å². The first-order chi connectivity index (χ1) is 14.3. The van der Waals surface area contributed by atoms with Gasteiger partial charge < -0.3 is 24.8 Å². The number of nitrogens with one attached hydrogen (secondary N) is 2. The van der Waals surface area contributed by atoms with Gasteiger partial charge in [0.2, 0.25) is 0 Å². The first kappa shape index (κ1) is 27.0. The summed E-state index contributed by atoms with van der Waals surface area (Å²) in [5.41, 5.74) is 1.29. The zero-order chi connectivity index (χ0) is 20.6. The Labute approximate surface area is 199 Å². The van der Waals surface area contributed by atoms with Crippen LogP contribution >= 0.6 is 24.0 Å². The average molecular weight is 533 g/mol. The van der Waals surface area contributed by atoms with Gasteiger partial charge in [-0.3, -0.25) is 4.99 Å². The van der Waals surface area contributed by atoms with Crippen LogP contribution in [-0.4, -0.2) is 58.6 Å². The first-order valence-corrected chi connectivity index (χ1v) is 11.2. The minimum atomic E-state index is 0. The van der Waals surface area contributed by atoms with E-state index in [1.54, 1.807) is 0 Å². The number of guanidine groups is 1. The van der Waals surface area contributed by atoms with Gasteiger partial charge in [-0.15, -0.1) is 24.0 Å². The molecule has 2 rings (SSSR count). The Kier molecular flexibility index (Phi) is 15.8. The average Bonchev–Trinajstić information content (AvgIpc) is 3.25. The van der Waals surface area contributed by atoms with Crippen molar-refractivity contribution < 1.29 is 14.2 Å². The van der Waals surface area contributed by atoms with Gasteiger partial charge in [0, 0.05) is 38.8 Å². The van der Waals surface area contributed by atoms with Crippen LogP contribution in [0.2, 0.25) is 0 Å². The molecule has 0 bridgehead atoms. The number of unbranched alkanes of at least 4 members (excludes halogenated alkanes) is 1. The van der Waals surface area contributed by atoms with Crippen molar-refractivity contribution in [2.24, 2.45) is 10.9 Å². The van der Waals surface area contributed by atoms with Crippen LogP contribution in [0.15, 0.2) is 29.3 Å². The second-order valence-electron chi connectivity index (χ2n) is 7.44. The Morgan fingerprint density at radius 3 is 2.67 bits per heavy atom. The van der Waals surface area contributed by atoms with E-state index in [2.05, 4.69) is 53.7 Å². The van der Waals surface area contributed by atoms with Crippen molar-refractivity contribution in [2.75, 3.05) is 52.7 Å². The predicted molar refractivity (Wildman–Crippen MR) is 134 cm³/mol. The van der Waals surface area contributed by atoms with Crippen LogP contribution < -0.4 is 15.4 Å². The Morgan fingerprint density at radius 1 is 1.13 bits per heavy atom. The van der Waals surface area contributed by atoms with Crippen LogP contribution in [0.4, 0.5) is 0 Å². The zero-order valence-corrected chi connectivity index (χ0v) is 21.0. The fourth-order valence-electron chi connectivity index (χ4n) is 3.08. The second kappa shape index (κ2) is 17.6. The van der Waals surface area contributed by atoms with Gasteiger partial charge in [-0.1, -0.05) is 25.5 Å². The van der Waals surface area contributed by atoms with E-state index in [9.17, 15) is 0 Å². The van der Waals surface area contributed by atoms with Gasteiger partial charge in [0.05, 0.1) is 19.8 Å². The van der Waals surface area contributed by atoms with Crippen molar-refractivity contribution in [1.82, 2.24) is 10.6 Å². The molecule has 0 amide bonds. The predicted octanol–water partition coefficient (Wildman–Crippen LogP) is 4.02. The van der Waals surface area contributed by atoms with Gasteiger partial charge in [-0.2, -0.15) is 0 Å². The van der Waals surface area contributed by atoms with E-state index >= 15 is 0 Å². The molecule has 1 aromatic rings. The summed E-state index contributed by atoms with van der Waals surface area (Å²) >= 11 is 0. The first-order valence-electron chi connectivity index (χ1n) is 11.2. The summed E-state index contributed by atoms with van der Waals surface area (Å²) in [5, 5.41) is 6.72. The molecule has 7 heteroatoms. The van der Waals surface area contributed by atoms with E-state index in [-0.39, 0.29) is 24.0 Å². The number of ether oxygens (including phenoxy) is 3. The summed E-state index contributed by atoms with van der Waals surface area (Å²) in [6, 6.07) is 8.39. The summed E-state index contributed by atoms with van der Waals surface area (Å²) in [4.78, 5) is 4.64. The number of rotatable bonds is 14. The lowest BCUT2D eigenvalue weighted by molar-refractivity contribution is 0.0893. The molecule has 6 nitrogen and oxygen atoms in total. The third-order valence-corrected chi connectivity index (χ3v) is 4.83. The standard InChI is InChI=1S/C23H39N3O3.HI/c1-3-5-16-29-22-9-7-20(8-10-22)11-14-26-23(24-4-2)25-13-6-15-27-18-21-12-17-28-19-21;/h7-10,21H,3-6,11-19H2,1-2H3,(H2,24,25,26);1H. The minimum Gasteiger partial charge on any atom is -0.494 e. The smallest absolute Gasteiger partial charge is 0.191 e. The molecule has 0 radical (unpaired) electrons. The van der Waals surface area contributed by atoms with Crippen molar-refractivity contribution >= 4 is 29.9 Å². The molecule has 0 aromatic heterocycles. The second-order valence-corrected chi connectivity index (χ2v) is 7.44. The molecule has 1 atom stereocenters. The number of benzene rings is 1. The maximum absolute atomic E-state index is 5.74. The Balaban J connectivity index is 0.00000450. The van der Waals surface area contributed by atoms with Gasteiger partial charge in [0.15, 0.2) is 5.96 Å². The quantitative estimate of drug-likeness (QED) is 0.164. The van der Waals surface area contributed by atoms with Crippen molar-refractivity contribution in [2.45, 2.75) is 46.0 Å². The van der Waals surface area contributed by atoms with Gasteiger partial charge in [-0.25, -0.2) is 0 Å². The Bertz CT molecular complexity index is 563. The van der Waals surface area contributed by atoms with E-state index in [4.69, 9.17) is 14.2 Å². The molecule has 0 spiro atoms. The van der Waals surface area contributed by atoms with Crippen LogP contribution in [0.25, 0.3) is 0 Å². The van der Waals surface area contributed by atoms with E-state index in [1.807, 2.05) is 0 Å². The van der Waals surface area contributed by atoms with Crippen LogP contribution in [0.3, 0.4) is 0 Å². The molecular weight excluding hydrogens is 493 g/mol. The van der Waals surface area contributed by atoms with Gasteiger partial charge in [0.25, 0.3) is 0 Å². The topological polar surface area (TPSA) is 64.1 Å². The van der Waals surface area contributed by atoms with Crippen molar-refractivity contribution in [3.05, 3.63) is 29.8 Å². The highest BCUT2D eigenvalue weighted by atomic mass is 127. The SMILES string of the molecule is CCCCOc1ccc(CCNC(=NCCCOCC2CCOC2)NCC)cc1.I. The summed E-state index contributed by atoms with van der Waals surface area (Å²) in [6.07, 6.45) is 5.26. The normalized spacial score (nSPS) is 16.2. The van der Waals surface area contributed by atoms with E-state index in [0.717, 1.165) is 96.5 Å². The highest BCUT2D eigenvalue weighted by molar-refractivity contribution is 14.0. The Morgan fingerprint density at radius 2 is 1.97 bits per heavy atom. The number of halogens is 1. The molecule has 1 heterocycles. The molecule has 1 saturated heterocycles. The maximum Gasteiger partial charge on any atom is 0.191 e. The zero-order valence-electron chi connectivity index (χ0n) is 18.7. The number of hydrogen-bond acceptors (Lipinski definition) is 4. The molecule has 1 fully saturated rings. The molecule has 1 aromatic carbocycles. The summed E-state index contributed by atoms with van der Waals surface area (Å²) in [6.45, 7) is 10.8. The van der Waals surface area contributed by atoms with Crippen molar-refractivity contribution in [3.8, 4) is 5.75 Å². The summed E-state index contributed by atoms with van der Waals surface area (Å²) in [5.74, 6) is 2.40. The number of aliphatic imine (C=N–C) groups is 1. The third-order valence-electron chi connectivity index (χ3n) is 4.83. The molecule has 1 aliphatic heterocycles. The van der Waals surface area contributed by atoms with Gasteiger partial charge in [-0.05, 0) is 50.3 Å². The van der Waals surface area contributed by atoms with Crippen molar-refractivity contribution in [3.63, 3.8) is 0 Å². The van der Waals surface area contributed by atoms with Crippen LogP contribution in [0, 0.1) is 5.92 Å². The number of nitrogens with zero attached hydrogens (tertiary/aromatic N) is 1. The molecule has 0 saturated carbocycles. The van der Waals surface area contributed by atoms with E-state index in [1.165, 1.54) is 5.56 Å². The summed E-state index contributed by atoms with van der Waals surface area (Å²) in [7, 11) is 0. The van der Waals surface area contributed by atoms with E-state index in [0.29, 0.717) is 5.92 Å². The fourth-order valence-corrected chi connectivity index (χ4v) is 3.08. The monoisotopic (exact) mass is 533 g/mol. The summed E-state index contributed by atoms with van der Waals surface area (Å²) < 4.78 is 16.8. The van der Waals surface area contributed by atoms with Crippen LogP contribution in [0.1, 0.15) is 45.1 Å². The lowest BCUT2D eigenvalue weighted by Crippen LogP contribution is -2.38. The molecule has 2 N–H and O–H groups in total. The Hall–Kier alpha value is -1.06. The largest absolute Gasteiger partial charge is 0.494 e. The molecule has 172 valence electrons. The molecule has 1 unspecified atom stereocenters. The lowest BCUT2D eigenvalue weighted by Gasteiger charge is -2.12. The van der Waals surface area contributed by atoms with Crippen LogP contribution in [0.5, 0.6) is 5.75 Å². The maximum atomic E-state index is 5.74. The molecular formula is C23H40IN3O3. The van der Waals surface area contributed by atoms with Gasteiger partial charge >= 0.3 is 0 Å². The highest BCUT2D eigenvalue weighted by Crippen LogP contribution is 2.13. The highest BCUT2D eigenvalue weighted by Gasteiger charge is 2.15. The minimum absolute atomic E-state index is 0. The number of hydrogen-bond donors (Lipinski definition) is 2. The van der Waals surface area contributed by atoms with Crippen molar-refractivity contribution in [1.29, 1.82) is 0 Å². The molecule has 30 heavy (non-hydrogen) atoms.